The second-order valence-electron chi connectivity index (χ2n) is 5.28. The van der Waals surface area contributed by atoms with E-state index in [1.54, 1.807) is 0 Å². The third-order valence-electron chi connectivity index (χ3n) is 3.28. The monoisotopic (exact) mass is 318 g/mol. The van der Waals surface area contributed by atoms with Crippen LogP contribution in [0.2, 0.25) is 5.02 Å². The summed E-state index contributed by atoms with van der Waals surface area (Å²) < 4.78 is 0. The van der Waals surface area contributed by atoms with Gasteiger partial charge < -0.3 is 10.6 Å². The molecule has 0 atom stereocenters. The summed E-state index contributed by atoms with van der Waals surface area (Å²) in [5.74, 6) is 0.435. The Morgan fingerprint density at radius 1 is 1.05 bits per heavy atom. The number of anilines is 2. The Morgan fingerprint density at radius 3 is 2.43 bits per heavy atom. The van der Waals surface area contributed by atoms with Crippen molar-refractivity contribution in [3.8, 4) is 0 Å². The maximum atomic E-state index is 6.02. The minimum absolute atomic E-state index is 0.435. The highest BCUT2D eigenvalue weighted by Gasteiger charge is 2.08. The van der Waals surface area contributed by atoms with Crippen molar-refractivity contribution >= 4 is 40.3 Å². The minimum Gasteiger partial charge on any atom is -0.332 e. The van der Waals surface area contributed by atoms with Crippen molar-refractivity contribution in [2.75, 3.05) is 10.6 Å². The number of halogens is 1. The van der Waals surface area contributed by atoms with E-state index in [2.05, 4.69) is 30.5 Å². The number of hydrogen-bond acceptors (Lipinski definition) is 1. The molecule has 2 N–H and O–H groups in total. The largest absolute Gasteiger partial charge is 0.332 e. The number of rotatable bonds is 3. The van der Waals surface area contributed by atoms with Gasteiger partial charge in [0.15, 0.2) is 5.11 Å². The molecule has 0 spiro atoms. The van der Waals surface area contributed by atoms with Crippen molar-refractivity contribution in [3.05, 3.63) is 58.6 Å². The summed E-state index contributed by atoms with van der Waals surface area (Å²) >= 11 is 11.4. The molecule has 0 fully saturated rings. The van der Waals surface area contributed by atoms with Gasteiger partial charge in [-0.15, -0.1) is 0 Å². The molecule has 0 unspecified atom stereocenters. The molecule has 0 saturated heterocycles. The van der Waals surface area contributed by atoms with Gasteiger partial charge in [0, 0.05) is 16.4 Å². The average molecular weight is 319 g/mol. The maximum Gasteiger partial charge on any atom is 0.175 e. The van der Waals surface area contributed by atoms with Crippen molar-refractivity contribution in [2.24, 2.45) is 0 Å². The van der Waals surface area contributed by atoms with E-state index in [0.29, 0.717) is 16.1 Å². The fourth-order valence-corrected chi connectivity index (χ4v) is 2.51. The second kappa shape index (κ2) is 6.92. The molecule has 4 heteroatoms. The van der Waals surface area contributed by atoms with E-state index < -0.39 is 0 Å². The highest BCUT2D eigenvalue weighted by Crippen LogP contribution is 2.24. The van der Waals surface area contributed by atoms with Crippen LogP contribution < -0.4 is 10.6 Å². The molecule has 0 bridgehead atoms. The predicted molar refractivity (Wildman–Crippen MR) is 96.6 cm³/mol. The average Bonchev–Trinajstić information content (AvgIpc) is 2.43. The number of aryl methyl sites for hydroxylation is 1. The first-order chi connectivity index (χ1) is 9.97. The van der Waals surface area contributed by atoms with E-state index in [-0.39, 0.29) is 0 Å². The van der Waals surface area contributed by atoms with Crippen LogP contribution in [0.1, 0.15) is 30.9 Å². The number of benzene rings is 2. The third-order valence-corrected chi connectivity index (χ3v) is 3.72. The zero-order chi connectivity index (χ0) is 15.4. The Bertz CT molecular complexity index is 653. The second-order valence-corrected chi connectivity index (χ2v) is 6.13. The van der Waals surface area contributed by atoms with Crippen LogP contribution >= 0.6 is 23.8 Å². The van der Waals surface area contributed by atoms with Crippen molar-refractivity contribution in [1.29, 1.82) is 0 Å². The molecule has 110 valence electrons. The van der Waals surface area contributed by atoms with Gasteiger partial charge in [0.1, 0.15) is 0 Å². The Kier molecular flexibility index (Phi) is 5.21. The summed E-state index contributed by atoms with van der Waals surface area (Å²) in [5, 5.41) is 7.72. The normalized spacial score (nSPS) is 10.5. The number of para-hydroxylation sites is 1. The van der Waals surface area contributed by atoms with E-state index in [9.17, 15) is 0 Å². The molecule has 21 heavy (non-hydrogen) atoms. The first-order valence-electron chi connectivity index (χ1n) is 6.90. The van der Waals surface area contributed by atoms with Crippen LogP contribution in [0.5, 0.6) is 0 Å². The van der Waals surface area contributed by atoms with Crippen molar-refractivity contribution in [2.45, 2.75) is 26.7 Å². The lowest BCUT2D eigenvalue weighted by Gasteiger charge is -2.17. The van der Waals surface area contributed by atoms with Gasteiger partial charge in [-0.25, -0.2) is 0 Å². The smallest absolute Gasteiger partial charge is 0.175 e. The Morgan fingerprint density at radius 2 is 1.71 bits per heavy atom. The van der Waals surface area contributed by atoms with Crippen LogP contribution in [0, 0.1) is 6.92 Å². The zero-order valence-electron chi connectivity index (χ0n) is 12.4. The fourth-order valence-electron chi connectivity index (χ4n) is 2.12. The Labute approximate surface area is 136 Å². The van der Waals surface area contributed by atoms with E-state index in [1.807, 2.05) is 43.3 Å². The molecule has 2 nitrogen and oxygen atoms in total. The molecule has 0 aliphatic rings. The van der Waals surface area contributed by atoms with Crippen LogP contribution in [0.15, 0.2) is 42.5 Å². The van der Waals surface area contributed by atoms with Gasteiger partial charge >= 0.3 is 0 Å². The van der Waals surface area contributed by atoms with Crippen molar-refractivity contribution in [1.82, 2.24) is 0 Å². The van der Waals surface area contributed by atoms with Gasteiger partial charge in [-0.2, -0.15) is 0 Å². The lowest BCUT2D eigenvalue weighted by molar-refractivity contribution is 0.869. The first kappa shape index (κ1) is 15.8. The summed E-state index contributed by atoms with van der Waals surface area (Å²) in [5.41, 5.74) is 4.29. The summed E-state index contributed by atoms with van der Waals surface area (Å²) in [7, 11) is 0. The third kappa shape index (κ3) is 4.19. The highest BCUT2D eigenvalue weighted by molar-refractivity contribution is 7.80. The molecule has 0 aliphatic heterocycles. The summed E-state index contributed by atoms with van der Waals surface area (Å²) in [6.07, 6.45) is 0. The molecular formula is C17H19ClN2S. The lowest BCUT2D eigenvalue weighted by Crippen LogP contribution is -2.20. The number of nitrogens with one attached hydrogen (secondary N) is 2. The zero-order valence-corrected chi connectivity index (χ0v) is 14.0. The van der Waals surface area contributed by atoms with E-state index in [1.165, 1.54) is 5.56 Å². The molecular weight excluding hydrogens is 300 g/mol. The van der Waals surface area contributed by atoms with E-state index >= 15 is 0 Å². The highest BCUT2D eigenvalue weighted by atomic mass is 35.5. The SMILES string of the molecule is Cc1ccc(Cl)cc1NC(=S)Nc1ccccc1C(C)C. The van der Waals surface area contributed by atoms with Crippen molar-refractivity contribution < 1.29 is 0 Å². The molecule has 0 saturated carbocycles. The standard InChI is InChI=1S/C17H19ClN2S/c1-11(2)14-6-4-5-7-15(14)19-17(21)20-16-10-13(18)9-8-12(16)3/h4-11H,1-3H3,(H2,19,20,21). The molecule has 2 rings (SSSR count). The summed E-state index contributed by atoms with van der Waals surface area (Å²) in [6, 6.07) is 13.9. The molecule has 0 aliphatic carbocycles. The van der Waals surface area contributed by atoms with Crippen LogP contribution in [0.25, 0.3) is 0 Å². The lowest BCUT2D eigenvalue weighted by atomic mass is 10.0. The predicted octanol–water partition coefficient (Wildman–Crippen LogP) is 5.58. The fraction of sp³-hybridized carbons (Fsp3) is 0.235. The molecule has 0 aromatic heterocycles. The van der Waals surface area contributed by atoms with Gasteiger partial charge in [-0.05, 0) is 54.4 Å². The van der Waals surface area contributed by atoms with Crippen LogP contribution in [-0.2, 0) is 0 Å². The minimum atomic E-state index is 0.435. The molecule has 0 heterocycles. The van der Waals surface area contributed by atoms with Gasteiger partial charge in [0.05, 0.1) is 0 Å². The summed E-state index contributed by atoms with van der Waals surface area (Å²) in [6.45, 7) is 6.35. The molecule has 2 aromatic carbocycles. The van der Waals surface area contributed by atoms with Gasteiger partial charge in [0.25, 0.3) is 0 Å². The van der Waals surface area contributed by atoms with E-state index in [4.69, 9.17) is 23.8 Å². The van der Waals surface area contributed by atoms with Crippen LogP contribution in [0.3, 0.4) is 0 Å². The van der Waals surface area contributed by atoms with Gasteiger partial charge in [-0.3, -0.25) is 0 Å². The van der Waals surface area contributed by atoms with Gasteiger partial charge in [-0.1, -0.05) is 49.7 Å². The quantitative estimate of drug-likeness (QED) is 0.722. The number of hydrogen-bond donors (Lipinski definition) is 2. The number of thiocarbonyl (C=S) groups is 1. The van der Waals surface area contributed by atoms with Crippen molar-refractivity contribution in [3.63, 3.8) is 0 Å². The first-order valence-corrected chi connectivity index (χ1v) is 7.69. The van der Waals surface area contributed by atoms with Crippen LogP contribution in [-0.4, -0.2) is 5.11 Å². The molecule has 0 radical (unpaired) electrons. The Hall–Kier alpha value is -1.58. The van der Waals surface area contributed by atoms with Crippen LogP contribution in [0.4, 0.5) is 11.4 Å². The molecule has 2 aromatic rings. The maximum absolute atomic E-state index is 6.02. The topological polar surface area (TPSA) is 24.1 Å². The molecule has 0 amide bonds. The van der Waals surface area contributed by atoms with Gasteiger partial charge in [0.2, 0.25) is 0 Å². The summed E-state index contributed by atoms with van der Waals surface area (Å²) in [4.78, 5) is 0. The van der Waals surface area contributed by atoms with E-state index in [0.717, 1.165) is 16.9 Å². The Balaban J connectivity index is 2.14.